The van der Waals surface area contributed by atoms with E-state index in [0.717, 1.165) is 11.1 Å². The van der Waals surface area contributed by atoms with E-state index in [1.807, 2.05) is 19.9 Å². The fraction of sp³-hybridized carbons (Fsp3) is 0.364. The lowest BCUT2D eigenvalue weighted by atomic mass is 10.0. The van der Waals surface area contributed by atoms with E-state index in [4.69, 9.17) is 11.6 Å². The van der Waals surface area contributed by atoms with Crippen LogP contribution in [0.2, 0.25) is 5.02 Å². The van der Waals surface area contributed by atoms with Crippen LogP contribution in [0.1, 0.15) is 21.5 Å². The van der Waals surface area contributed by atoms with Gasteiger partial charge in [0.15, 0.2) is 5.78 Å². The molecule has 0 aliphatic heterocycles. The van der Waals surface area contributed by atoms with Crippen LogP contribution in [0.3, 0.4) is 0 Å². The van der Waals surface area contributed by atoms with Crippen LogP contribution >= 0.6 is 11.6 Å². The molecule has 1 aromatic carbocycles. The summed E-state index contributed by atoms with van der Waals surface area (Å²) in [5.74, 6) is 0.0793. The number of ketones is 1. The molecule has 76 valence electrons. The van der Waals surface area contributed by atoms with Gasteiger partial charge in [0.05, 0.1) is 6.54 Å². The monoisotopic (exact) mass is 211 g/mol. The molecule has 0 saturated heterocycles. The third-order valence-electron chi connectivity index (χ3n) is 2.27. The van der Waals surface area contributed by atoms with Gasteiger partial charge in [-0.1, -0.05) is 11.6 Å². The van der Waals surface area contributed by atoms with Gasteiger partial charge in [0.25, 0.3) is 0 Å². The summed E-state index contributed by atoms with van der Waals surface area (Å²) < 4.78 is 0. The highest BCUT2D eigenvalue weighted by Gasteiger charge is 2.10. The minimum Gasteiger partial charge on any atom is -0.313 e. The summed E-state index contributed by atoms with van der Waals surface area (Å²) in [6.45, 7) is 4.24. The lowest BCUT2D eigenvalue weighted by Gasteiger charge is -2.08. The van der Waals surface area contributed by atoms with Crippen LogP contribution in [0, 0.1) is 13.8 Å². The van der Waals surface area contributed by atoms with E-state index in [2.05, 4.69) is 5.32 Å². The topological polar surface area (TPSA) is 29.1 Å². The third kappa shape index (κ3) is 2.34. The summed E-state index contributed by atoms with van der Waals surface area (Å²) in [5.41, 5.74) is 2.77. The first-order valence-corrected chi connectivity index (χ1v) is 4.88. The molecule has 1 N–H and O–H groups in total. The van der Waals surface area contributed by atoms with Crippen LogP contribution in [0.4, 0.5) is 0 Å². The average molecular weight is 212 g/mol. The van der Waals surface area contributed by atoms with E-state index < -0.39 is 0 Å². The summed E-state index contributed by atoms with van der Waals surface area (Å²) in [6, 6.07) is 3.59. The van der Waals surface area contributed by atoms with Crippen LogP contribution in [0.15, 0.2) is 12.1 Å². The van der Waals surface area contributed by atoms with Gasteiger partial charge in [-0.3, -0.25) is 4.79 Å². The molecular formula is C11H14ClNO. The number of hydrogen-bond acceptors (Lipinski definition) is 2. The molecule has 0 bridgehead atoms. The summed E-state index contributed by atoms with van der Waals surface area (Å²) in [6.07, 6.45) is 0. The molecule has 0 atom stereocenters. The molecule has 0 fully saturated rings. The van der Waals surface area contributed by atoms with Crippen molar-refractivity contribution in [3.63, 3.8) is 0 Å². The van der Waals surface area contributed by atoms with Crippen LogP contribution in [-0.2, 0) is 0 Å². The van der Waals surface area contributed by atoms with Gasteiger partial charge in [-0.15, -0.1) is 0 Å². The Balaban J connectivity index is 3.13. The first-order valence-electron chi connectivity index (χ1n) is 4.50. The van der Waals surface area contributed by atoms with E-state index in [1.165, 1.54) is 0 Å². The van der Waals surface area contributed by atoms with Gasteiger partial charge in [0.2, 0.25) is 0 Å². The normalized spacial score (nSPS) is 10.3. The smallest absolute Gasteiger partial charge is 0.176 e. The zero-order chi connectivity index (χ0) is 10.7. The molecule has 14 heavy (non-hydrogen) atoms. The standard InChI is InChI=1S/C11H14ClNO/c1-7-4-9(12)5-10(8(7)2)11(14)6-13-3/h4-5,13H,6H2,1-3H3. The van der Waals surface area contributed by atoms with Crippen molar-refractivity contribution in [3.05, 3.63) is 33.8 Å². The van der Waals surface area contributed by atoms with Crippen molar-refractivity contribution in [3.8, 4) is 0 Å². The van der Waals surface area contributed by atoms with E-state index in [-0.39, 0.29) is 5.78 Å². The van der Waals surface area contributed by atoms with Crippen molar-refractivity contribution in [1.82, 2.24) is 5.32 Å². The molecule has 2 nitrogen and oxygen atoms in total. The number of carbonyl (C=O) groups is 1. The summed E-state index contributed by atoms with van der Waals surface area (Å²) in [5, 5.41) is 3.46. The first kappa shape index (κ1) is 11.2. The van der Waals surface area contributed by atoms with Gasteiger partial charge in [0.1, 0.15) is 0 Å². The van der Waals surface area contributed by atoms with Gasteiger partial charge in [-0.2, -0.15) is 0 Å². The molecule has 0 unspecified atom stereocenters. The molecule has 0 amide bonds. The Hall–Kier alpha value is -0.860. The Bertz CT molecular complexity index is 361. The molecule has 1 rings (SSSR count). The van der Waals surface area contributed by atoms with Crippen LogP contribution in [-0.4, -0.2) is 19.4 Å². The van der Waals surface area contributed by atoms with Crippen molar-refractivity contribution in [2.24, 2.45) is 0 Å². The second-order valence-corrected chi connectivity index (χ2v) is 3.79. The minimum absolute atomic E-state index is 0.0793. The van der Waals surface area contributed by atoms with E-state index in [1.54, 1.807) is 13.1 Å². The van der Waals surface area contributed by atoms with Crippen molar-refractivity contribution >= 4 is 17.4 Å². The van der Waals surface area contributed by atoms with E-state index in [0.29, 0.717) is 17.1 Å². The highest BCUT2D eigenvalue weighted by atomic mass is 35.5. The number of Topliss-reactive ketones (excluding diaryl/α,β-unsaturated/α-hetero) is 1. The average Bonchev–Trinajstić information content (AvgIpc) is 2.11. The quantitative estimate of drug-likeness (QED) is 0.778. The number of halogens is 1. The molecule has 0 aliphatic rings. The SMILES string of the molecule is CNCC(=O)c1cc(Cl)cc(C)c1C. The number of aryl methyl sites for hydroxylation is 1. The summed E-state index contributed by atoms with van der Waals surface area (Å²) >= 11 is 5.89. The zero-order valence-corrected chi connectivity index (χ0v) is 9.40. The molecule has 3 heteroatoms. The Morgan fingerprint density at radius 1 is 1.43 bits per heavy atom. The maximum Gasteiger partial charge on any atom is 0.176 e. The highest BCUT2D eigenvalue weighted by Crippen LogP contribution is 2.20. The van der Waals surface area contributed by atoms with E-state index in [9.17, 15) is 4.79 Å². The van der Waals surface area contributed by atoms with Gasteiger partial charge >= 0.3 is 0 Å². The number of likely N-dealkylation sites (N-methyl/N-ethyl adjacent to an activating group) is 1. The molecule has 0 radical (unpaired) electrons. The summed E-state index contributed by atoms with van der Waals surface area (Å²) in [4.78, 5) is 11.6. The predicted octanol–water partition coefficient (Wildman–Crippen LogP) is 2.36. The Kier molecular flexibility index (Phi) is 3.67. The van der Waals surface area contributed by atoms with Crippen molar-refractivity contribution in [2.75, 3.05) is 13.6 Å². The first-order chi connectivity index (χ1) is 6.56. The summed E-state index contributed by atoms with van der Waals surface area (Å²) in [7, 11) is 1.75. The molecular weight excluding hydrogens is 198 g/mol. The number of nitrogens with one attached hydrogen (secondary N) is 1. The largest absolute Gasteiger partial charge is 0.313 e. The van der Waals surface area contributed by atoms with Crippen LogP contribution < -0.4 is 5.32 Å². The maximum atomic E-state index is 11.6. The minimum atomic E-state index is 0.0793. The fourth-order valence-electron chi connectivity index (χ4n) is 1.36. The second-order valence-electron chi connectivity index (χ2n) is 3.35. The number of rotatable bonds is 3. The molecule has 0 aromatic heterocycles. The van der Waals surface area contributed by atoms with E-state index >= 15 is 0 Å². The lowest BCUT2D eigenvalue weighted by Crippen LogP contribution is -2.19. The van der Waals surface area contributed by atoms with Crippen molar-refractivity contribution in [1.29, 1.82) is 0 Å². The predicted molar refractivity (Wildman–Crippen MR) is 59.2 cm³/mol. The van der Waals surface area contributed by atoms with Crippen molar-refractivity contribution in [2.45, 2.75) is 13.8 Å². The van der Waals surface area contributed by atoms with Crippen LogP contribution in [0.25, 0.3) is 0 Å². The Morgan fingerprint density at radius 2 is 2.07 bits per heavy atom. The zero-order valence-electron chi connectivity index (χ0n) is 8.65. The lowest BCUT2D eigenvalue weighted by molar-refractivity contribution is 0.0993. The molecule has 0 spiro atoms. The molecule has 0 aliphatic carbocycles. The molecule has 1 aromatic rings. The number of carbonyl (C=O) groups excluding carboxylic acids is 1. The second kappa shape index (κ2) is 4.58. The number of benzene rings is 1. The number of hydrogen-bond donors (Lipinski definition) is 1. The fourth-order valence-corrected chi connectivity index (χ4v) is 1.63. The van der Waals surface area contributed by atoms with Crippen LogP contribution in [0.5, 0.6) is 0 Å². The van der Waals surface area contributed by atoms with Crippen molar-refractivity contribution < 1.29 is 4.79 Å². The molecule has 0 heterocycles. The maximum absolute atomic E-state index is 11.6. The van der Waals surface area contributed by atoms with Gasteiger partial charge in [0, 0.05) is 10.6 Å². The Labute approximate surface area is 89.3 Å². The molecule has 0 saturated carbocycles. The third-order valence-corrected chi connectivity index (χ3v) is 2.49. The Morgan fingerprint density at radius 3 is 2.64 bits per heavy atom. The van der Waals surface area contributed by atoms with Gasteiger partial charge in [-0.25, -0.2) is 0 Å². The highest BCUT2D eigenvalue weighted by molar-refractivity contribution is 6.31. The van der Waals surface area contributed by atoms with Gasteiger partial charge in [-0.05, 0) is 44.2 Å². The van der Waals surface area contributed by atoms with Gasteiger partial charge < -0.3 is 5.32 Å².